The van der Waals surface area contributed by atoms with Crippen molar-refractivity contribution in [2.24, 2.45) is 0 Å². The van der Waals surface area contributed by atoms with Gasteiger partial charge < -0.3 is 15.3 Å². The maximum Gasteiger partial charge on any atom is 0.134 e. The van der Waals surface area contributed by atoms with Gasteiger partial charge in [-0.05, 0) is 30.5 Å². The van der Waals surface area contributed by atoms with Gasteiger partial charge in [-0.1, -0.05) is 17.7 Å². The van der Waals surface area contributed by atoms with Gasteiger partial charge in [-0.25, -0.2) is 0 Å². The third kappa shape index (κ3) is 3.35. The van der Waals surface area contributed by atoms with Gasteiger partial charge in [0.25, 0.3) is 0 Å². The van der Waals surface area contributed by atoms with Crippen molar-refractivity contribution in [3.05, 3.63) is 28.3 Å². The quantitative estimate of drug-likeness (QED) is 0.864. The average Bonchev–Trinajstić information content (AvgIpc) is 2.33. The summed E-state index contributed by atoms with van der Waals surface area (Å²) >= 11 is 6.10. The molecular formula is C13H19ClN2O. The molecule has 1 aliphatic rings. The second kappa shape index (κ2) is 5.71. The molecule has 1 aromatic carbocycles. The van der Waals surface area contributed by atoms with Gasteiger partial charge in [0.15, 0.2) is 0 Å². The third-order valence-corrected chi connectivity index (χ3v) is 3.62. The zero-order valence-corrected chi connectivity index (χ0v) is 10.9. The van der Waals surface area contributed by atoms with Crippen molar-refractivity contribution in [2.75, 3.05) is 32.7 Å². The van der Waals surface area contributed by atoms with E-state index in [-0.39, 0.29) is 5.75 Å². The molecule has 1 heterocycles. The summed E-state index contributed by atoms with van der Waals surface area (Å²) in [5, 5.41) is 13.5. The van der Waals surface area contributed by atoms with Crippen molar-refractivity contribution in [3.63, 3.8) is 0 Å². The molecule has 0 aromatic heterocycles. The highest BCUT2D eigenvalue weighted by atomic mass is 35.5. The Hall–Kier alpha value is -0.770. The van der Waals surface area contributed by atoms with E-state index < -0.39 is 0 Å². The molecule has 0 amide bonds. The molecule has 94 valence electrons. The number of aromatic hydroxyl groups is 1. The summed E-state index contributed by atoms with van der Waals surface area (Å²) in [4.78, 5) is 2.42. The van der Waals surface area contributed by atoms with E-state index in [1.54, 1.807) is 6.07 Å². The van der Waals surface area contributed by atoms with E-state index in [0.29, 0.717) is 5.02 Å². The zero-order valence-electron chi connectivity index (χ0n) is 10.2. The Balaban J connectivity index is 1.98. The molecule has 1 aliphatic heterocycles. The van der Waals surface area contributed by atoms with E-state index in [1.807, 2.05) is 6.92 Å². The lowest BCUT2D eigenvalue weighted by atomic mass is 10.1. The lowest BCUT2D eigenvalue weighted by Crippen LogP contribution is -2.44. The number of rotatable bonds is 3. The molecule has 0 saturated carbocycles. The van der Waals surface area contributed by atoms with Gasteiger partial charge in [-0.3, -0.25) is 0 Å². The van der Waals surface area contributed by atoms with E-state index in [4.69, 9.17) is 11.6 Å². The fraction of sp³-hybridized carbons (Fsp3) is 0.538. The Morgan fingerprint density at radius 2 is 2.06 bits per heavy atom. The Morgan fingerprint density at radius 1 is 1.35 bits per heavy atom. The van der Waals surface area contributed by atoms with E-state index in [2.05, 4.69) is 16.3 Å². The lowest BCUT2D eigenvalue weighted by molar-refractivity contribution is 0.244. The number of benzene rings is 1. The van der Waals surface area contributed by atoms with Crippen LogP contribution in [0.2, 0.25) is 5.02 Å². The number of aryl methyl sites for hydroxylation is 1. The Morgan fingerprint density at radius 3 is 2.76 bits per heavy atom. The minimum absolute atomic E-state index is 0.196. The molecule has 0 aliphatic carbocycles. The molecule has 1 saturated heterocycles. The monoisotopic (exact) mass is 254 g/mol. The summed E-state index contributed by atoms with van der Waals surface area (Å²) in [6.07, 6.45) is 0.897. The standard InChI is InChI=1S/C13H19ClN2O/c1-10-8-11(13(14)12(17)9-10)2-5-16-6-3-15-4-7-16/h8-9,15,17H,2-7H2,1H3. The number of phenolic OH excluding ortho intramolecular Hbond substituents is 1. The van der Waals surface area contributed by atoms with Crippen LogP contribution in [-0.4, -0.2) is 42.7 Å². The molecule has 0 atom stereocenters. The van der Waals surface area contributed by atoms with Crippen LogP contribution in [0, 0.1) is 6.92 Å². The van der Waals surface area contributed by atoms with Crippen LogP contribution in [0.3, 0.4) is 0 Å². The zero-order chi connectivity index (χ0) is 12.3. The maximum atomic E-state index is 9.66. The van der Waals surface area contributed by atoms with Crippen LogP contribution in [-0.2, 0) is 6.42 Å². The number of nitrogens with one attached hydrogen (secondary N) is 1. The van der Waals surface area contributed by atoms with Crippen LogP contribution in [0.4, 0.5) is 0 Å². The van der Waals surface area contributed by atoms with Crippen LogP contribution in [0.1, 0.15) is 11.1 Å². The van der Waals surface area contributed by atoms with E-state index in [0.717, 1.165) is 50.3 Å². The first-order valence-electron chi connectivity index (χ1n) is 6.08. The Bertz CT molecular complexity index is 389. The highest BCUT2D eigenvalue weighted by Gasteiger charge is 2.11. The average molecular weight is 255 g/mol. The van der Waals surface area contributed by atoms with Gasteiger partial charge in [0.1, 0.15) is 5.75 Å². The van der Waals surface area contributed by atoms with E-state index in [9.17, 15) is 5.11 Å². The van der Waals surface area contributed by atoms with Gasteiger partial charge >= 0.3 is 0 Å². The minimum atomic E-state index is 0.196. The number of phenols is 1. The Kier molecular flexibility index (Phi) is 4.26. The largest absolute Gasteiger partial charge is 0.506 e. The molecular weight excluding hydrogens is 236 g/mol. The number of hydrogen-bond acceptors (Lipinski definition) is 3. The maximum absolute atomic E-state index is 9.66. The van der Waals surface area contributed by atoms with Crippen molar-refractivity contribution in [3.8, 4) is 5.75 Å². The lowest BCUT2D eigenvalue weighted by Gasteiger charge is -2.27. The molecule has 1 aromatic rings. The second-order valence-corrected chi connectivity index (χ2v) is 4.98. The van der Waals surface area contributed by atoms with Crippen LogP contribution >= 0.6 is 11.6 Å². The molecule has 4 heteroatoms. The van der Waals surface area contributed by atoms with Crippen LogP contribution < -0.4 is 5.32 Å². The van der Waals surface area contributed by atoms with Gasteiger partial charge in [-0.2, -0.15) is 0 Å². The second-order valence-electron chi connectivity index (χ2n) is 4.60. The third-order valence-electron chi connectivity index (χ3n) is 3.18. The van der Waals surface area contributed by atoms with Crippen molar-refractivity contribution in [1.82, 2.24) is 10.2 Å². The SMILES string of the molecule is Cc1cc(O)c(Cl)c(CCN2CCNCC2)c1. The van der Waals surface area contributed by atoms with Crippen LogP contribution in [0.5, 0.6) is 5.75 Å². The summed E-state index contributed by atoms with van der Waals surface area (Å²) in [6.45, 7) is 7.29. The molecule has 0 spiro atoms. The summed E-state index contributed by atoms with van der Waals surface area (Å²) in [5.41, 5.74) is 2.10. The van der Waals surface area contributed by atoms with E-state index >= 15 is 0 Å². The van der Waals surface area contributed by atoms with Crippen molar-refractivity contribution in [1.29, 1.82) is 0 Å². The number of hydrogen-bond donors (Lipinski definition) is 2. The van der Waals surface area contributed by atoms with Gasteiger partial charge in [-0.15, -0.1) is 0 Å². The minimum Gasteiger partial charge on any atom is -0.506 e. The number of halogens is 1. The molecule has 17 heavy (non-hydrogen) atoms. The molecule has 0 bridgehead atoms. The normalized spacial score (nSPS) is 17.3. The van der Waals surface area contributed by atoms with Gasteiger partial charge in [0.2, 0.25) is 0 Å². The number of piperazine rings is 1. The fourth-order valence-electron chi connectivity index (χ4n) is 2.22. The first-order chi connectivity index (χ1) is 8.16. The predicted molar refractivity (Wildman–Crippen MR) is 70.9 cm³/mol. The van der Waals surface area contributed by atoms with Crippen molar-refractivity contribution in [2.45, 2.75) is 13.3 Å². The first-order valence-corrected chi connectivity index (χ1v) is 6.45. The van der Waals surface area contributed by atoms with Crippen LogP contribution in [0.25, 0.3) is 0 Å². The molecule has 2 N–H and O–H groups in total. The molecule has 0 radical (unpaired) electrons. The van der Waals surface area contributed by atoms with Crippen molar-refractivity contribution >= 4 is 11.6 Å². The summed E-state index contributed by atoms with van der Waals surface area (Å²) in [5.74, 6) is 0.196. The molecule has 1 fully saturated rings. The highest BCUT2D eigenvalue weighted by molar-refractivity contribution is 6.32. The molecule has 2 rings (SSSR count). The Labute approximate surface area is 107 Å². The predicted octanol–water partition coefficient (Wildman–Crippen LogP) is 1.80. The number of nitrogens with zero attached hydrogens (tertiary/aromatic N) is 1. The van der Waals surface area contributed by atoms with Gasteiger partial charge in [0.05, 0.1) is 5.02 Å². The smallest absolute Gasteiger partial charge is 0.134 e. The molecule has 3 nitrogen and oxygen atoms in total. The summed E-state index contributed by atoms with van der Waals surface area (Å²) < 4.78 is 0. The topological polar surface area (TPSA) is 35.5 Å². The van der Waals surface area contributed by atoms with E-state index in [1.165, 1.54) is 0 Å². The molecule has 0 unspecified atom stereocenters. The van der Waals surface area contributed by atoms with Crippen molar-refractivity contribution < 1.29 is 5.11 Å². The van der Waals surface area contributed by atoms with Gasteiger partial charge in [0, 0.05) is 32.7 Å². The highest BCUT2D eigenvalue weighted by Crippen LogP contribution is 2.29. The van der Waals surface area contributed by atoms with Crippen LogP contribution in [0.15, 0.2) is 12.1 Å². The summed E-state index contributed by atoms with van der Waals surface area (Å²) in [6, 6.07) is 3.76. The fourth-order valence-corrected chi connectivity index (χ4v) is 2.42. The first kappa shape index (κ1) is 12.7. The summed E-state index contributed by atoms with van der Waals surface area (Å²) in [7, 11) is 0.